The van der Waals surface area contributed by atoms with Crippen LogP contribution in [0.4, 0.5) is 4.79 Å². The number of hydrogen-bond donors (Lipinski definition) is 0. The highest BCUT2D eigenvalue weighted by molar-refractivity contribution is 5.93. The molecule has 2 aliphatic rings. The van der Waals surface area contributed by atoms with Gasteiger partial charge in [0.25, 0.3) is 0 Å². The normalized spacial score (nSPS) is 17.7. The first-order chi connectivity index (χ1) is 29.1. The summed E-state index contributed by atoms with van der Waals surface area (Å²) in [6, 6.07) is 24.4. The summed E-state index contributed by atoms with van der Waals surface area (Å²) in [5, 5.41) is 0. The van der Waals surface area contributed by atoms with Crippen molar-refractivity contribution in [2.45, 2.75) is 57.0 Å². The molecule has 312 valence electrons. The lowest BCUT2D eigenvalue weighted by atomic mass is 10.1. The molecule has 0 saturated carbocycles. The van der Waals surface area contributed by atoms with Crippen LogP contribution in [0.3, 0.4) is 0 Å². The lowest BCUT2D eigenvalue weighted by molar-refractivity contribution is -0.137. The SMILES string of the molecule is C=CC(=O)OCCCCCCOC(=O)Oc1ccc(C(=O)Oc2ccc(C(=O)O[C@H]3COC4C3OC[C@@H]4OC(=O)c3ccc(OC(=O)c4ccc(C)cc4)cc3)cc2)cc1. The van der Waals surface area contributed by atoms with Gasteiger partial charge >= 0.3 is 36.0 Å². The highest BCUT2D eigenvalue weighted by atomic mass is 16.7. The van der Waals surface area contributed by atoms with Gasteiger partial charge in [0, 0.05) is 6.08 Å². The number of aryl methyl sites for hydroxylation is 1. The van der Waals surface area contributed by atoms with Crippen LogP contribution in [-0.4, -0.2) is 86.8 Å². The van der Waals surface area contributed by atoms with E-state index in [1.165, 1.54) is 72.8 Å². The molecule has 4 atom stereocenters. The van der Waals surface area contributed by atoms with E-state index in [4.69, 9.17) is 42.6 Å². The zero-order chi connectivity index (χ0) is 42.4. The Kier molecular flexibility index (Phi) is 14.8. The van der Waals surface area contributed by atoms with Crippen LogP contribution in [0.1, 0.15) is 72.7 Å². The number of carbonyl (C=O) groups excluding carboxylic acids is 6. The fourth-order valence-electron chi connectivity index (χ4n) is 6.11. The maximum absolute atomic E-state index is 13.0. The zero-order valence-corrected chi connectivity index (χ0v) is 32.6. The van der Waals surface area contributed by atoms with Gasteiger partial charge in [-0.25, -0.2) is 28.8 Å². The molecule has 15 heteroatoms. The zero-order valence-electron chi connectivity index (χ0n) is 32.6. The Morgan fingerprint density at radius 3 is 1.35 bits per heavy atom. The van der Waals surface area contributed by atoms with Gasteiger partial charge in [-0.2, -0.15) is 0 Å². The minimum absolute atomic E-state index is 0.0239. The molecule has 0 aromatic heterocycles. The Bertz CT molecular complexity index is 2140. The van der Waals surface area contributed by atoms with Crippen molar-refractivity contribution in [2.75, 3.05) is 26.4 Å². The van der Waals surface area contributed by atoms with Gasteiger partial charge in [-0.05, 0) is 118 Å². The predicted octanol–water partition coefficient (Wildman–Crippen LogP) is 6.79. The van der Waals surface area contributed by atoms with E-state index >= 15 is 0 Å². The summed E-state index contributed by atoms with van der Waals surface area (Å²) >= 11 is 0. The Morgan fingerprint density at radius 1 is 0.533 bits per heavy atom. The molecule has 2 fully saturated rings. The topological polar surface area (TPSA) is 185 Å². The lowest BCUT2D eigenvalue weighted by Crippen LogP contribution is -2.36. The maximum Gasteiger partial charge on any atom is 0.513 e. The average Bonchev–Trinajstić information content (AvgIpc) is 3.85. The number of unbranched alkanes of at least 4 members (excludes halogenated alkanes) is 3. The van der Waals surface area contributed by atoms with Crippen molar-refractivity contribution in [3.8, 4) is 17.2 Å². The number of carbonyl (C=O) groups is 6. The van der Waals surface area contributed by atoms with Gasteiger partial charge in [-0.3, -0.25) is 0 Å². The Hall–Kier alpha value is -6.84. The summed E-state index contributed by atoms with van der Waals surface area (Å²) in [5.41, 5.74) is 2.02. The van der Waals surface area contributed by atoms with Gasteiger partial charge in [0.15, 0.2) is 12.2 Å². The quantitative estimate of drug-likeness (QED) is 0.0271. The summed E-state index contributed by atoms with van der Waals surface area (Å²) in [7, 11) is 0. The van der Waals surface area contributed by atoms with E-state index in [1.54, 1.807) is 12.1 Å². The van der Waals surface area contributed by atoms with Crippen molar-refractivity contribution in [1.82, 2.24) is 0 Å². The second kappa shape index (κ2) is 20.7. The average molecular weight is 823 g/mol. The third-order valence-corrected chi connectivity index (χ3v) is 9.33. The van der Waals surface area contributed by atoms with Gasteiger partial charge in [0.1, 0.15) is 29.5 Å². The van der Waals surface area contributed by atoms with Crippen LogP contribution in [-0.2, 0) is 33.2 Å². The van der Waals surface area contributed by atoms with E-state index in [1.807, 2.05) is 19.1 Å². The molecule has 0 N–H and O–H groups in total. The minimum atomic E-state index is -0.883. The third-order valence-electron chi connectivity index (χ3n) is 9.33. The summed E-state index contributed by atoms with van der Waals surface area (Å²) in [6.07, 6.45) is 0.263. The largest absolute Gasteiger partial charge is 0.513 e. The van der Waals surface area contributed by atoms with Gasteiger partial charge < -0.3 is 42.6 Å². The minimum Gasteiger partial charge on any atom is -0.463 e. The predicted molar refractivity (Wildman–Crippen MR) is 210 cm³/mol. The molecule has 15 nitrogen and oxygen atoms in total. The highest BCUT2D eigenvalue weighted by Crippen LogP contribution is 2.32. The molecule has 2 heterocycles. The Labute approximate surface area is 345 Å². The van der Waals surface area contributed by atoms with E-state index in [-0.39, 0.29) is 53.8 Å². The van der Waals surface area contributed by atoms with E-state index in [0.29, 0.717) is 25.0 Å². The number of benzene rings is 4. The van der Waals surface area contributed by atoms with E-state index in [9.17, 15) is 28.8 Å². The van der Waals surface area contributed by atoms with Crippen LogP contribution in [0.25, 0.3) is 0 Å². The lowest BCUT2D eigenvalue weighted by Gasteiger charge is -2.17. The van der Waals surface area contributed by atoms with E-state index < -0.39 is 60.4 Å². The van der Waals surface area contributed by atoms with Gasteiger partial charge in [-0.15, -0.1) is 0 Å². The van der Waals surface area contributed by atoms with Crippen LogP contribution in [0.2, 0.25) is 0 Å². The molecule has 6 rings (SSSR count). The molecular weight excluding hydrogens is 780 g/mol. The van der Waals surface area contributed by atoms with E-state index in [0.717, 1.165) is 24.5 Å². The van der Waals surface area contributed by atoms with Gasteiger partial charge in [0.05, 0.1) is 48.7 Å². The molecule has 0 bridgehead atoms. The molecule has 0 aliphatic carbocycles. The molecule has 2 saturated heterocycles. The summed E-state index contributed by atoms with van der Waals surface area (Å²) in [6.45, 7) is 5.77. The van der Waals surface area contributed by atoms with Crippen LogP contribution < -0.4 is 14.2 Å². The standard InChI is InChI=1S/C45H42O15/c1-3-38(46)52-24-6-4-5-7-25-53-45(51)58-35-22-16-30(17-23-35)42(48)57-34-20-14-32(15-21-34)44(50)60-37-27-55-39-36(26-54-40(37)39)59-43(49)31-12-18-33(19-13-31)56-41(47)29-10-8-28(2)9-11-29/h3,8-23,36-37,39-40H,1,4-7,24-27H2,2H3/t36-,37-,39?,40?/m0/s1. The van der Waals surface area contributed by atoms with Gasteiger partial charge in [-0.1, -0.05) is 24.3 Å². The summed E-state index contributed by atoms with van der Waals surface area (Å²) in [5.74, 6) is -2.35. The molecule has 4 aromatic carbocycles. The highest BCUT2D eigenvalue weighted by Gasteiger charge is 2.51. The summed E-state index contributed by atoms with van der Waals surface area (Å²) < 4.78 is 48.9. The molecule has 2 aliphatic heterocycles. The Balaban J connectivity index is 0.891. The number of esters is 5. The smallest absolute Gasteiger partial charge is 0.463 e. The number of hydrogen-bond acceptors (Lipinski definition) is 15. The second-order valence-electron chi connectivity index (χ2n) is 13.7. The van der Waals surface area contributed by atoms with Crippen molar-refractivity contribution in [2.24, 2.45) is 0 Å². The first kappa shape index (κ1) is 42.8. The molecule has 60 heavy (non-hydrogen) atoms. The van der Waals surface area contributed by atoms with Crippen LogP contribution >= 0.6 is 0 Å². The summed E-state index contributed by atoms with van der Waals surface area (Å²) in [4.78, 5) is 74.1. The molecule has 0 spiro atoms. The van der Waals surface area contributed by atoms with Crippen molar-refractivity contribution in [1.29, 1.82) is 0 Å². The molecule has 0 amide bonds. The second-order valence-corrected chi connectivity index (χ2v) is 13.7. The maximum atomic E-state index is 13.0. The van der Waals surface area contributed by atoms with E-state index in [2.05, 4.69) is 6.58 Å². The first-order valence-corrected chi connectivity index (χ1v) is 19.2. The number of rotatable bonds is 17. The molecular formula is C45H42O15. The van der Waals surface area contributed by atoms with Crippen LogP contribution in [0.15, 0.2) is 110 Å². The first-order valence-electron chi connectivity index (χ1n) is 19.2. The molecule has 0 radical (unpaired) electrons. The Morgan fingerprint density at radius 2 is 0.917 bits per heavy atom. The van der Waals surface area contributed by atoms with Crippen LogP contribution in [0.5, 0.6) is 17.2 Å². The number of fused-ring (bicyclic) bond motifs is 1. The van der Waals surface area contributed by atoms with Crippen LogP contribution in [0, 0.1) is 6.92 Å². The van der Waals surface area contributed by atoms with Gasteiger partial charge in [0.2, 0.25) is 0 Å². The third kappa shape index (κ3) is 11.9. The molecule has 2 unspecified atom stereocenters. The fraction of sp³-hybridized carbons (Fsp3) is 0.289. The van der Waals surface area contributed by atoms with Crippen molar-refractivity contribution in [3.05, 3.63) is 138 Å². The molecule has 4 aromatic rings. The van der Waals surface area contributed by atoms with Crippen molar-refractivity contribution >= 4 is 36.0 Å². The van der Waals surface area contributed by atoms with Crippen molar-refractivity contribution < 1.29 is 71.4 Å². The van der Waals surface area contributed by atoms with Crippen molar-refractivity contribution in [3.63, 3.8) is 0 Å². The fourth-order valence-corrected chi connectivity index (χ4v) is 6.11. The monoisotopic (exact) mass is 822 g/mol. The number of ether oxygens (including phenoxy) is 9.